The third-order valence-corrected chi connectivity index (χ3v) is 3.88. The van der Waals surface area contributed by atoms with Gasteiger partial charge in [0.15, 0.2) is 6.07 Å². The minimum absolute atomic E-state index is 0.0886. The van der Waals surface area contributed by atoms with E-state index in [9.17, 15) is 4.55 Å². The van der Waals surface area contributed by atoms with Gasteiger partial charge in [0, 0.05) is 24.9 Å². The Hall–Kier alpha value is -1.48. The number of nitriles is 1. The van der Waals surface area contributed by atoms with Gasteiger partial charge in [-0.2, -0.15) is 5.26 Å². The summed E-state index contributed by atoms with van der Waals surface area (Å²) in [7, 11) is 0. The van der Waals surface area contributed by atoms with E-state index in [-0.39, 0.29) is 4.91 Å². The summed E-state index contributed by atoms with van der Waals surface area (Å²) in [5.41, 5.74) is 2.04. The molecule has 5 heteroatoms. The minimum Gasteiger partial charge on any atom is -0.593 e. The molecule has 0 saturated carbocycles. The van der Waals surface area contributed by atoms with Crippen molar-refractivity contribution in [3.05, 3.63) is 34.7 Å². The molecule has 19 heavy (non-hydrogen) atoms. The molecule has 2 rings (SSSR count). The number of benzene rings is 1. The van der Waals surface area contributed by atoms with Gasteiger partial charge in [-0.05, 0) is 37.0 Å². The van der Waals surface area contributed by atoms with Crippen LogP contribution < -0.4 is 10.0 Å². The molecular weight excluding hydrogens is 258 g/mol. The van der Waals surface area contributed by atoms with E-state index in [0.717, 1.165) is 18.7 Å². The highest BCUT2D eigenvalue weighted by atomic mass is 32.2. The van der Waals surface area contributed by atoms with E-state index in [1.54, 1.807) is 6.08 Å². The van der Waals surface area contributed by atoms with E-state index >= 15 is 0 Å². The average Bonchev–Trinajstić information content (AvgIpc) is 2.46. The second-order valence-electron chi connectivity index (χ2n) is 4.56. The third kappa shape index (κ3) is 3.74. The van der Waals surface area contributed by atoms with Gasteiger partial charge < -0.3 is 9.45 Å². The van der Waals surface area contributed by atoms with Crippen molar-refractivity contribution in [1.29, 1.82) is 5.26 Å². The summed E-state index contributed by atoms with van der Waals surface area (Å²) in [6.45, 7) is 2.21. The average molecular weight is 275 g/mol. The molecule has 0 aromatic heterocycles. The molecule has 0 radical (unpaired) electrons. The number of nitrogens with two attached hydrogens (primary N) is 1. The zero-order valence-electron chi connectivity index (χ0n) is 10.7. The van der Waals surface area contributed by atoms with E-state index < -0.39 is 11.4 Å². The molecule has 2 N–H and O–H groups in total. The van der Waals surface area contributed by atoms with Crippen LogP contribution in [0.25, 0.3) is 6.08 Å². The van der Waals surface area contributed by atoms with Crippen molar-refractivity contribution >= 4 is 23.1 Å². The van der Waals surface area contributed by atoms with E-state index in [1.165, 1.54) is 24.9 Å². The van der Waals surface area contributed by atoms with Gasteiger partial charge in [-0.3, -0.25) is 0 Å². The van der Waals surface area contributed by atoms with Crippen molar-refractivity contribution in [1.82, 2.24) is 0 Å². The Morgan fingerprint density at radius 2 is 1.89 bits per heavy atom. The fraction of sp³-hybridized carbons (Fsp3) is 0.357. The Labute approximate surface area is 116 Å². The number of anilines is 1. The Kier molecular flexibility index (Phi) is 4.86. The second kappa shape index (κ2) is 6.62. The lowest BCUT2D eigenvalue weighted by molar-refractivity contribution is 0.578. The number of hydrogen-bond acceptors (Lipinski definition) is 4. The highest BCUT2D eigenvalue weighted by Gasteiger charge is 2.11. The van der Waals surface area contributed by atoms with Gasteiger partial charge in [-0.1, -0.05) is 12.1 Å². The van der Waals surface area contributed by atoms with E-state index in [0.29, 0.717) is 0 Å². The highest BCUT2D eigenvalue weighted by Crippen LogP contribution is 2.21. The monoisotopic (exact) mass is 275 g/mol. The third-order valence-electron chi connectivity index (χ3n) is 3.24. The summed E-state index contributed by atoms with van der Waals surface area (Å²) in [6.07, 6.45) is 5.36. The lowest BCUT2D eigenvalue weighted by Crippen LogP contribution is -2.29. The van der Waals surface area contributed by atoms with Crippen LogP contribution in [0.5, 0.6) is 0 Å². The molecule has 1 saturated heterocycles. The zero-order chi connectivity index (χ0) is 13.7. The Bertz CT molecular complexity index is 484. The number of hydrogen-bond donors (Lipinski definition) is 1. The molecule has 0 aliphatic carbocycles. The summed E-state index contributed by atoms with van der Waals surface area (Å²) in [4.78, 5) is 2.45. The van der Waals surface area contributed by atoms with Crippen LogP contribution in [0.2, 0.25) is 0 Å². The lowest BCUT2D eigenvalue weighted by atomic mass is 10.1. The standard InChI is InChI=1S/C14H17N3OS/c15-11-14(19(16)18)10-12-4-6-13(7-5-12)17-8-2-1-3-9-17/h4-7,10H,1-3,8-9,16H2/b14-10+. The van der Waals surface area contributed by atoms with Gasteiger partial charge in [-0.25, -0.2) is 0 Å². The van der Waals surface area contributed by atoms with Crippen LogP contribution in [-0.4, -0.2) is 17.6 Å². The molecule has 4 nitrogen and oxygen atoms in total. The van der Waals surface area contributed by atoms with Crippen LogP contribution in [-0.2, 0) is 11.4 Å². The molecule has 1 aliphatic heterocycles. The first-order valence-corrected chi connectivity index (χ1v) is 7.55. The van der Waals surface area contributed by atoms with E-state index in [1.807, 2.05) is 30.3 Å². The number of nitrogens with zero attached hydrogens (tertiary/aromatic N) is 2. The number of allylic oxidation sites excluding steroid dienone is 1. The molecule has 1 fully saturated rings. The maximum Gasteiger partial charge on any atom is 0.250 e. The molecule has 1 heterocycles. The fourth-order valence-corrected chi connectivity index (χ4v) is 2.56. The van der Waals surface area contributed by atoms with Gasteiger partial charge in [0.2, 0.25) is 0 Å². The van der Waals surface area contributed by atoms with E-state index in [4.69, 9.17) is 10.4 Å². The normalized spacial score (nSPS) is 17.9. The first-order valence-electron chi connectivity index (χ1n) is 6.33. The molecule has 100 valence electrons. The molecule has 0 spiro atoms. The lowest BCUT2D eigenvalue weighted by Gasteiger charge is -2.28. The summed E-state index contributed by atoms with van der Waals surface area (Å²) in [5.74, 6) is 0. The Morgan fingerprint density at radius 1 is 1.26 bits per heavy atom. The number of piperidine rings is 1. The SMILES string of the molecule is N#C/C(=C\c1ccc(N2CCCCC2)cc1)[S+](N)[O-]. The van der Waals surface area contributed by atoms with Gasteiger partial charge in [0.25, 0.3) is 4.91 Å². The van der Waals surface area contributed by atoms with Gasteiger partial charge in [-0.15, -0.1) is 5.14 Å². The molecular formula is C14H17N3OS. The predicted molar refractivity (Wildman–Crippen MR) is 78.4 cm³/mol. The van der Waals surface area contributed by atoms with Crippen molar-refractivity contribution in [3.8, 4) is 6.07 Å². The zero-order valence-corrected chi connectivity index (χ0v) is 11.5. The molecule has 1 unspecified atom stereocenters. The van der Waals surface area contributed by atoms with Crippen LogP contribution in [0.15, 0.2) is 29.2 Å². The van der Waals surface area contributed by atoms with Crippen LogP contribution in [0.1, 0.15) is 24.8 Å². The minimum atomic E-state index is -1.72. The maximum absolute atomic E-state index is 11.1. The highest BCUT2D eigenvalue weighted by molar-refractivity contribution is 7.93. The van der Waals surface area contributed by atoms with Crippen LogP contribution in [0.4, 0.5) is 5.69 Å². The van der Waals surface area contributed by atoms with Crippen LogP contribution in [0.3, 0.4) is 0 Å². The molecule has 1 aliphatic rings. The maximum atomic E-state index is 11.1. The first kappa shape index (κ1) is 13.9. The first-order chi connectivity index (χ1) is 9.20. The van der Waals surface area contributed by atoms with Crippen molar-refractivity contribution in [2.24, 2.45) is 5.14 Å². The van der Waals surface area contributed by atoms with Gasteiger partial charge >= 0.3 is 0 Å². The Balaban J connectivity index is 2.12. The molecule has 1 aromatic carbocycles. The molecule has 0 amide bonds. The summed E-state index contributed by atoms with van der Waals surface area (Å²) < 4.78 is 11.1. The van der Waals surface area contributed by atoms with Gasteiger partial charge in [0.05, 0.1) is 11.4 Å². The second-order valence-corrected chi connectivity index (χ2v) is 5.59. The smallest absolute Gasteiger partial charge is 0.250 e. The van der Waals surface area contributed by atoms with Crippen molar-refractivity contribution in [3.63, 3.8) is 0 Å². The topological polar surface area (TPSA) is 76.1 Å². The molecule has 1 atom stereocenters. The van der Waals surface area contributed by atoms with Crippen molar-refractivity contribution in [2.45, 2.75) is 19.3 Å². The van der Waals surface area contributed by atoms with Crippen molar-refractivity contribution < 1.29 is 4.55 Å². The largest absolute Gasteiger partial charge is 0.593 e. The summed E-state index contributed by atoms with van der Waals surface area (Å²) in [6, 6.07) is 9.77. The van der Waals surface area contributed by atoms with Gasteiger partial charge in [0.1, 0.15) is 0 Å². The summed E-state index contributed by atoms with van der Waals surface area (Å²) >= 11 is -1.72. The predicted octanol–water partition coefficient (Wildman–Crippen LogP) is 2.16. The molecule has 1 aromatic rings. The molecule has 0 bridgehead atoms. The fourth-order valence-electron chi connectivity index (χ4n) is 2.22. The quantitative estimate of drug-likeness (QED) is 0.677. The summed E-state index contributed by atoms with van der Waals surface area (Å²) in [5, 5.41) is 14.0. The van der Waals surface area contributed by atoms with E-state index in [2.05, 4.69) is 4.90 Å². The van der Waals surface area contributed by atoms with Crippen LogP contribution >= 0.6 is 0 Å². The number of rotatable bonds is 3. The van der Waals surface area contributed by atoms with Crippen molar-refractivity contribution in [2.75, 3.05) is 18.0 Å². The van der Waals surface area contributed by atoms with Crippen LogP contribution in [0, 0.1) is 11.3 Å². The Morgan fingerprint density at radius 3 is 2.42 bits per heavy atom.